The summed E-state index contributed by atoms with van der Waals surface area (Å²) in [6.45, 7) is 4.60. The molecule has 3 rings (SSSR count). The topological polar surface area (TPSA) is 104 Å². The first-order valence-electron chi connectivity index (χ1n) is 11.2. The fourth-order valence-electron chi connectivity index (χ4n) is 3.82. The Morgan fingerprint density at radius 2 is 1.66 bits per heavy atom. The van der Waals surface area contributed by atoms with Crippen molar-refractivity contribution in [3.8, 4) is 0 Å². The first-order chi connectivity index (χ1) is 16.5. The van der Waals surface area contributed by atoms with E-state index in [9.17, 15) is 22.8 Å². The van der Waals surface area contributed by atoms with Gasteiger partial charge in [-0.1, -0.05) is 55.2 Å². The van der Waals surface area contributed by atoms with Crippen LogP contribution in [-0.4, -0.2) is 54.0 Å². The molecule has 0 bridgehead atoms. The molecular weight excluding hydrogens is 513 g/mol. The maximum atomic E-state index is 13.6. The Balaban J connectivity index is 1.97. The van der Waals surface area contributed by atoms with Crippen LogP contribution in [0.5, 0.6) is 0 Å². The molecule has 3 amide bonds. The quantitative estimate of drug-likeness (QED) is 0.520. The van der Waals surface area contributed by atoms with Crippen molar-refractivity contribution in [1.82, 2.24) is 14.5 Å². The number of amides is 3. The minimum atomic E-state index is -4.21. The first kappa shape index (κ1) is 27.0. The highest BCUT2D eigenvalue weighted by atomic mass is 35.5. The summed E-state index contributed by atoms with van der Waals surface area (Å²) in [5, 5.41) is 3.46. The number of nitrogens with one attached hydrogen (secondary N) is 1. The van der Waals surface area contributed by atoms with Crippen molar-refractivity contribution in [3.05, 3.63) is 63.6 Å². The fourth-order valence-corrected chi connectivity index (χ4v) is 5.85. The molecule has 0 radical (unpaired) electrons. The van der Waals surface area contributed by atoms with Crippen LogP contribution >= 0.6 is 23.2 Å². The van der Waals surface area contributed by atoms with Gasteiger partial charge in [-0.15, -0.1) is 0 Å². The van der Waals surface area contributed by atoms with Crippen LogP contribution in [0.2, 0.25) is 10.0 Å². The van der Waals surface area contributed by atoms with Crippen LogP contribution in [0.3, 0.4) is 0 Å². The number of halogens is 2. The smallest absolute Gasteiger partial charge is 0.269 e. The zero-order valence-corrected chi connectivity index (χ0v) is 22.0. The molecule has 0 unspecified atom stereocenters. The lowest BCUT2D eigenvalue weighted by molar-refractivity contribution is -0.141. The summed E-state index contributed by atoms with van der Waals surface area (Å²) in [6, 6.07) is 9.58. The predicted octanol–water partition coefficient (Wildman–Crippen LogP) is 3.86. The molecule has 1 aliphatic rings. The van der Waals surface area contributed by atoms with Gasteiger partial charge in [0.15, 0.2) is 0 Å². The van der Waals surface area contributed by atoms with Gasteiger partial charge < -0.3 is 10.2 Å². The van der Waals surface area contributed by atoms with E-state index < -0.39 is 40.3 Å². The van der Waals surface area contributed by atoms with Gasteiger partial charge in [0.05, 0.1) is 5.56 Å². The number of rotatable bonds is 9. The molecule has 2 atom stereocenters. The molecule has 2 aromatic rings. The second-order valence-corrected chi connectivity index (χ2v) is 10.9. The van der Waals surface area contributed by atoms with Crippen molar-refractivity contribution >= 4 is 50.9 Å². The van der Waals surface area contributed by atoms with E-state index in [1.807, 2.05) is 13.8 Å². The van der Waals surface area contributed by atoms with Gasteiger partial charge in [0.1, 0.15) is 17.5 Å². The SMILES string of the molecule is CC[C@H](C)NC(=O)[C@H](CC)N(Cc1c(Cl)cccc1Cl)C(=O)CN1C(=O)c2ccccc2S1(=O)=O. The van der Waals surface area contributed by atoms with E-state index >= 15 is 0 Å². The molecule has 188 valence electrons. The van der Waals surface area contributed by atoms with E-state index in [-0.39, 0.29) is 29.5 Å². The van der Waals surface area contributed by atoms with Crippen molar-refractivity contribution in [3.63, 3.8) is 0 Å². The highest BCUT2D eigenvalue weighted by Crippen LogP contribution is 2.31. The number of benzene rings is 2. The second kappa shape index (κ2) is 11.0. The minimum Gasteiger partial charge on any atom is -0.352 e. The molecule has 2 aromatic carbocycles. The average Bonchev–Trinajstić information content (AvgIpc) is 3.01. The number of carbonyl (C=O) groups is 3. The highest BCUT2D eigenvalue weighted by molar-refractivity contribution is 7.90. The lowest BCUT2D eigenvalue weighted by Crippen LogP contribution is -2.53. The van der Waals surface area contributed by atoms with Gasteiger partial charge in [-0.05, 0) is 44.0 Å². The molecule has 0 aliphatic carbocycles. The van der Waals surface area contributed by atoms with E-state index in [2.05, 4.69) is 5.32 Å². The van der Waals surface area contributed by atoms with Crippen LogP contribution in [0.1, 0.15) is 49.5 Å². The Kier molecular flexibility index (Phi) is 8.46. The number of hydrogen-bond donors (Lipinski definition) is 1. The zero-order valence-electron chi connectivity index (χ0n) is 19.6. The van der Waals surface area contributed by atoms with Crippen molar-refractivity contribution in [1.29, 1.82) is 0 Å². The number of nitrogens with zero attached hydrogens (tertiary/aromatic N) is 2. The lowest BCUT2D eigenvalue weighted by Gasteiger charge is -2.32. The van der Waals surface area contributed by atoms with Gasteiger partial charge in [-0.25, -0.2) is 12.7 Å². The standard InChI is InChI=1S/C24H27Cl2N3O5S/c1-4-15(3)27-23(31)20(5-2)28(13-17-18(25)10-8-11-19(17)26)22(30)14-29-24(32)16-9-6-7-12-21(16)35(29,33)34/h6-12,15,20H,4-5,13-14H2,1-3H3,(H,27,31)/t15-,20-/m0/s1. The predicted molar refractivity (Wildman–Crippen MR) is 134 cm³/mol. The summed E-state index contributed by atoms with van der Waals surface area (Å²) in [5.41, 5.74) is 0.417. The van der Waals surface area contributed by atoms with Crippen LogP contribution in [0.25, 0.3) is 0 Å². The van der Waals surface area contributed by atoms with Crippen molar-refractivity contribution in [2.24, 2.45) is 0 Å². The van der Waals surface area contributed by atoms with Crippen LogP contribution in [0.15, 0.2) is 47.4 Å². The third kappa shape index (κ3) is 5.47. The highest BCUT2D eigenvalue weighted by Gasteiger charge is 2.43. The van der Waals surface area contributed by atoms with Crippen molar-refractivity contribution in [2.45, 2.75) is 57.1 Å². The molecule has 11 heteroatoms. The average molecular weight is 540 g/mol. The van der Waals surface area contributed by atoms with Crippen LogP contribution in [0, 0.1) is 0 Å². The number of fused-ring (bicyclic) bond motifs is 1. The number of hydrogen-bond acceptors (Lipinski definition) is 5. The Bertz CT molecular complexity index is 1230. The molecule has 0 aromatic heterocycles. The molecule has 1 heterocycles. The molecule has 8 nitrogen and oxygen atoms in total. The lowest BCUT2D eigenvalue weighted by atomic mass is 10.1. The normalized spacial score (nSPS) is 15.9. The van der Waals surface area contributed by atoms with Gasteiger partial charge in [0, 0.05) is 28.2 Å². The maximum absolute atomic E-state index is 13.6. The minimum absolute atomic E-state index is 0.00236. The fraction of sp³-hybridized carbons (Fsp3) is 0.375. The van der Waals surface area contributed by atoms with E-state index in [4.69, 9.17) is 23.2 Å². The molecule has 0 fully saturated rings. The largest absolute Gasteiger partial charge is 0.352 e. The van der Waals surface area contributed by atoms with Gasteiger partial charge in [0.2, 0.25) is 11.8 Å². The molecule has 0 saturated carbocycles. The summed E-state index contributed by atoms with van der Waals surface area (Å²) in [7, 11) is -4.21. The molecule has 0 spiro atoms. The zero-order chi connectivity index (χ0) is 25.9. The van der Waals surface area contributed by atoms with Crippen molar-refractivity contribution in [2.75, 3.05) is 6.54 Å². The summed E-state index contributed by atoms with van der Waals surface area (Å²) < 4.78 is 26.5. The van der Waals surface area contributed by atoms with Gasteiger partial charge >= 0.3 is 0 Å². The van der Waals surface area contributed by atoms with Gasteiger partial charge in [-0.3, -0.25) is 14.4 Å². The third-order valence-corrected chi connectivity index (χ3v) is 8.46. The van der Waals surface area contributed by atoms with Gasteiger partial charge in [-0.2, -0.15) is 0 Å². The van der Waals surface area contributed by atoms with E-state index in [1.54, 1.807) is 31.2 Å². The van der Waals surface area contributed by atoms with E-state index in [0.717, 1.165) is 0 Å². The third-order valence-electron chi connectivity index (χ3n) is 5.97. The Morgan fingerprint density at radius 1 is 1.03 bits per heavy atom. The van der Waals surface area contributed by atoms with Gasteiger partial charge in [0.25, 0.3) is 15.9 Å². The summed E-state index contributed by atoms with van der Waals surface area (Å²) in [6.07, 6.45) is 0.933. The summed E-state index contributed by atoms with van der Waals surface area (Å²) in [4.78, 5) is 40.6. The van der Waals surface area contributed by atoms with Crippen molar-refractivity contribution < 1.29 is 22.8 Å². The molecule has 35 heavy (non-hydrogen) atoms. The summed E-state index contributed by atoms with van der Waals surface area (Å²) in [5.74, 6) is -1.91. The molecule has 1 aliphatic heterocycles. The van der Waals surface area contributed by atoms with E-state index in [1.165, 1.54) is 23.1 Å². The molecule has 0 saturated heterocycles. The first-order valence-corrected chi connectivity index (χ1v) is 13.4. The Hall–Kier alpha value is -2.62. The second-order valence-electron chi connectivity index (χ2n) is 8.28. The molecular formula is C24H27Cl2N3O5S. The Morgan fingerprint density at radius 3 is 2.23 bits per heavy atom. The molecule has 1 N–H and O–H groups in total. The Labute approximate surface area is 215 Å². The maximum Gasteiger partial charge on any atom is 0.269 e. The van der Waals surface area contributed by atoms with Crippen LogP contribution < -0.4 is 5.32 Å². The monoisotopic (exact) mass is 539 g/mol. The van der Waals surface area contributed by atoms with Crippen LogP contribution in [0.4, 0.5) is 0 Å². The van der Waals surface area contributed by atoms with E-state index in [0.29, 0.717) is 26.3 Å². The number of sulfonamides is 1. The summed E-state index contributed by atoms with van der Waals surface area (Å²) >= 11 is 12.7. The van der Waals surface area contributed by atoms with Crippen LogP contribution in [-0.2, 0) is 26.2 Å². The number of carbonyl (C=O) groups excluding carboxylic acids is 3.